The summed E-state index contributed by atoms with van der Waals surface area (Å²) in [6.45, 7) is 5.10. The molecule has 7 rings (SSSR count). The van der Waals surface area contributed by atoms with Gasteiger partial charge in [0.25, 0.3) is 0 Å². The normalized spacial score (nSPS) is 29.0. The molecular formula is C44H57FN2O8. The molecule has 2 N–H and O–H groups in total. The fourth-order valence-corrected chi connectivity index (χ4v) is 9.28. The molecule has 7 atom stereocenters. The number of rotatable bonds is 18. The maximum Gasteiger partial charge on any atom is 0.239 e. The Balaban J connectivity index is 1.38. The van der Waals surface area contributed by atoms with Crippen molar-refractivity contribution in [1.29, 1.82) is 0 Å². The largest absolute Gasteiger partial charge is 0.489 e. The highest BCUT2D eigenvalue weighted by Crippen LogP contribution is 2.62. The molecule has 2 aromatic carbocycles. The van der Waals surface area contributed by atoms with Crippen LogP contribution in [0.2, 0.25) is 0 Å². The average molecular weight is 761 g/mol. The van der Waals surface area contributed by atoms with Crippen LogP contribution in [-0.2, 0) is 25.7 Å². The maximum atomic E-state index is 14.6. The van der Waals surface area contributed by atoms with E-state index in [4.69, 9.17) is 28.9 Å². The second-order valence-corrected chi connectivity index (χ2v) is 15.8. The zero-order valence-electron chi connectivity index (χ0n) is 32.1. The molecule has 2 aliphatic heterocycles. The molecule has 0 aromatic heterocycles. The third kappa shape index (κ3) is 8.50. The molecule has 0 spiro atoms. The first-order valence-corrected chi connectivity index (χ1v) is 20.4. The summed E-state index contributed by atoms with van der Waals surface area (Å²) in [6.07, 6.45) is 13.1. The summed E-state index contributed by atoms with van der Waals surface area (Å²) in [7, 11) is 1.86. The minimum absolute atomic E-state index is 0.0278. The molecule has 0 bridgehead atoms. The van der Waals surface area contributed by atoms with Crippen LogP contribution in [0.15, 0.2) is 71.9 Å². The van der Waals surface area contributed by atoms with Crippen molar-refractivity contribution in [3.63, 3.8) is 0 Å². The summed E-state index contributed by atoms with van der Waals surface area (Å²) in [6, 6.07) is 11.8. The second-order valence-electron chi connectivity index (χ2n) is 15.8. The molecule has 2 aromatic rings. The topological polar surface area (TPSA) is 119 Å². The molecule has 3 aliphatic carbocycles. The van der Waals surface area contributed by atoms with Gasteiger partial charge >= 0.3 is 0 Å². The number of fused-ring (bicyclic) bond motifs is 2. The van der Waals surface area contributed by atoms with E-state index in [0.717, 1.165) is 74.6 Å². The lowest BCUT2D eigenvalue weighted by molar-refractivity contribution is -0.256. The van der Waals surface area contributed by atoms with E-state index in [0.29, 0.717) is 42.9 Å². The van der Waals surface area contributed by atoms with Gasteiger partial charge in [0.1, 0.15) is 30.0 Å². The highest BCUT2D eigenvalue weighted by Gasteiger charge is 2.65. The summed E-state index contributed by atoms with van der Waals surface area (Å²) >= 11 is 0. The Labute approximate surface area is 324 Å². The zero-order chi connectivity index (χ0) is 38.4. The standard InChI is InChI=1S/C44H57FN2O8/c1-3-23-53-44-39(47(2)43(50)29-17-18-29)27-37(46-55-40-16-8-11-24-51-40)34-25-30(12-6-9-21-48)33(14-7-10-22-49)41(42(34)44)35-26-32(19-20-38(35)54-44)52-28-31-13-4-5-15-36(31)45/h3-5,13,15,19-20,25-26,29-30,33,39-42,48-49H,1,6-12,14,16-18,21-24,27-28H2,2H3/t30-,33+,39-,40?,41+,42+,44+/m0/s1. The number of unbranched alkanes of at least 4 members (excludes halogenated alkanes) is 2. The smallest absolute Gasteiger partial charge is 0.239 e. The van der Waals surface area contributed by atoms with Gasteiger partial charge in [0.05, 0.1) is 24.8 Å². The van der Waals surface area contributed by atoms with Crippen molar-refractivity contribution in [2.75, 3.05) is 33.5 Å². The van der Waals surface area contributed by atoms with Gasteiger partial charge in [-0.3, -0.25) is 4.79 Å². The van der Waals surface area contributed by atoms with Crippen molar-refractivity contribution in [2.45, 2.75) is 108 Å². The van der Waals surface area contributed by atoms with Crippen molar-refractivity contribution < 1.29 is 43.2 Å². The first-order chi connectivity index (χ1) is 26.9. The summed E-state index contributed by atoms with van der Waals surface area (Å²) in [5, 5.41) is 24.6. The van der Waals surface area contributed by atoms with Gasteiger partial charge in [-0.15, -0.1) is 6.58 Å². The number of aliphatic hydroxyl groups excluding tert-OH is 2. The monoisotopic (exact) mass is 760 g/mol. The van der Waals surface area contributed by atoms with Crippen molar-refractivity contribution in [3.8, 4) is 11.5 Å². The van der Waals surface area contributed by atoms with Crippen LogP contribution in [0.1, 0.15) is 94.1 Å². The number of benzene rings is 2. The molecule has 1 unspecified atom stereocenters. The zero-order valence-corrected chi connectivity index (χ0v) is 32.1. The summed E-state index contributed by atoms with van der Waals surface area (Å²) in [4.78, 5) is 22.0. The predicted octanol–water partition coefficient (Wildman–Crippen LogP) is 7.43. The Morgan fingerprint density at radius 1 is 1.07 bits per heavy atom. The molecule has 1 saturated heterocycles. The molecule has 298 valence electrons. The lowest BCUT2D eigenvalue weighted by Gasteiger charge is -2.59. The number of amides is 1. The van der Waals surface area contributed by atoms with E-state index >= 15 is 0 Å². The van der Waals surface area contributed by atoms with Crippen molar-refractivity contribution in [3.05, 3.63) is 83.7 Å². The van der Waals surface area contributed by atoms with Crippen LogP contribution in [0.4, 0.5) is 4.39 Å². The van der Waals surface area contributed by atoms with Gasteiger partial charge in [-0.05, 0) is 93.0 Å². The van der Waals surface area contributed by atoms with Crippen molar-refractivity contribution in [2.24, 2.45) is 28.8 Å². The average Bonchev–Trinajstić information content (AvgIpc) is 4.06. The summed E-state index contributed by atoms with van der Waals surface area (Å²) < 4.78 is 41.0. The Bertz CT molecular complexity index is 1710. The number of carbonyl (C=O) groups is 1. The van der Waals surface area contributed by atoms with Gasteiger partial charge in [0.15, 0.2) is 0 Å². The Morgan fingerprint density at radius 3 is 2.60 bits per heavy atom. The Morgan fingerprint density at radius 2 is 1.87 bits per heavy atom. The van der Waals surface area contributed by atoms with E-state index < -0.39 is 24.0 Å². The van der Waals surface area contributed by atoms with Gasteiger partial charge in [-0.1, -0.05) is 48.3 Å². The fourth-order valence-electron chi connectivity index (χ4n) is 9.28. The lowest BCUT2D eigenvalue weighted by atomic mass is 9.55. The van der Waals surface area contributed by atoms with Crippen LogP contribution in [0, 0.1) is 29.5 Å². The number of ether oxygens (including phenoxy) is 4. The number of carbonyl (C=O) groups excluding carboxylic acids is 1. The van der Waals surface area contributed by atoms with Crippen LogP contribution in [-0.4, -0.2) is 78.3 Å². The van der Waals surface area contributed by atoms with Gasteiger partial charge < -0.3 is 38.9 Å². The number of aliphatic hydroxyl groups is 2. The highest BCUT2D eigenvalue weighted by atomic mass is 19.1. The molecule has 11 heteroatoms. The van der Waals surface area contributed by atoms with E-state index in [2.05, 4.69) is 12.7 Å². The van der Waals surface area contributed by atoms with Crippen LogP contribution in [0.3, 0.4) is 0 Å². The minimum Gasteiger partial charge on any atom is -0.489 e. The van der Waals surface area contributed by atoms with Crippen molar-refractivity contribution in [1.82, 2.24) is 4.90 Å². The first-order valence-electron chi connectivity index (χ1n) is 20.4. The van der Waals surface area contributed by atoms with Crippen LogP contribution in [0.25, 0.3) is 0 Å². The van der Waals surface area contributed by atoms with Crippen LogP contribution in [0.5, 0.6) is 11.5 Å². The van der Waals surface area contributed by atoms with E-state index in [-0.39, 0.29) is 61.8 Å². The number of hydrogen-bond donors (Lipinski definition) is 2. The summed E-state index contributed by atoms with van der Waals surface area (Å²) in [5.74, 6) is -0.732. The lowest BCUT2D eigenvalue weighted by Crippen LogP contribution is -2.69. The molecule has 5 aliphatic rings. The Hall–Kier alpha value is -3.77. The minimum atomic E-state index is -1.29. The van der Waals surface area contributed by atoms with E-state index in [1.54, 1.807) is 24.3 Å². The predicted molar refractivity (Wildman–Crippen MR) is 206 cm³/mol. The highest BCUT2D eigenvalue weighted by molar-refractivity contribution is 6.03. The number of likely N-dealkylation sites (N-methyl/N-ethyl adjacent to an activating group) is 1. The molecule has 10 nitrogen and oxygen atoms in total. The fraction of sp³-hybridized carbons (Fsp3) is 0.591. The van der Waals surface area contributed by atoms with Gasteiger partial charge in [0.2, 0.25) is 18.0 Å². The van der Waals surface area contributed by atoms with Gasteiger partial charge in [-0.25, -0.2) is 4.39 Å². The summed E-state index contributed by atoms with van der Waals surface area (Å²) in [5.41, 5.74) is 3.14. The van der Waals surface area contributed by atoms with Gasteiger partial charge in [0, 0.05) is 56.1 Å². The van der Waals surface area contributed by atoms with E-state index in [9.17, 15) is 19.4 Å². The number of nitrogens with zero attached hydrogens (tertiary/aromatic N) is 2. The quantitative estimate of drug-likeness (QED) is 0.0916. The van der Waals surface area contributed by atoms with Crippen molar-refractivity contribution >= 4 is 11.6 Å². The third-order valence-electron chi connectivity index (χ3n) is 12.2. The van der Waals surface area contributed by atoms with E-state index in [1.807, 2.05) is 30.1 Å². The number of allylic oxidation sites excluding steroid dienone is 1. The maximum absolute atomic E-state index is 14.6. The number of oxime groups is 1. The molecule has 55 heavy (non-hydrogen) atoms. The molecule has 0 radical (unpaired) electrons. The van der Waals surface area contributed by atoms with Gasteiger partial charge in [-0.2, -0.15) is 0 Å². The Kier molecular flexibility index (Phi) is 12.9. The molecule has 2 heterocycles. The molecule has 3 fully saturated rings. The van der Waals surface area contributed by atoms with Crippen LogP contribution < -0.4 is 9.47 Å². The number of hydrogen-bond acceptors (Lipinski definition) is 9. The second kappa shape index (κ2) is 18.0. The first kappa shape index (κ1) is 39.5. The SMILES string of the molecule is C=CCO[C@@]12Oc3ccc(OCc4ccccc4F)cc3[C@H]3[C@H](CCCCO)[C@@H](CCCCO)C=C(C(=NOC4CCCCO4)C[C@@H]1N(C)C(=O)C1CC1)[C@H]32. The number of halogens is 1. The van der Waals surface area contributed by atoms with Crippen LogP contribution >= 0.6 is 0 Å². The molecule has 1 amide bonds. The third-order valence-corrected chi connectivity index (χ3v) is 12.2. The molecule has 2 saturated carbocycles. The molecular weight excluding hydrogens is 703 g/mol. The van der Waals surface area contributed by atoms with E-state index in [1.165, 1.54) is 6.07 Å².